The van der Waals surface area contributed by atoms with Crippen molar-refractivity contribution in [3.8, 4) is 6.01 Å². The summed E-state index contributed by atoms with van der Waals surface area (Å²) in [5.41, 5.74) is 6.92. The normalized spacial score (nSPS) is 12.4. The lowest BCUT2D eigenvalue weighted by atomic mass is 10.1. The molecule has 5 aromatic carbocycles. The van der Waals surface area contributed by atoms with Gasteiger partial charge in [-0.2, -0.15) is 4.98 Å². The molecule has 0 bridgehead atoms. The van der Waals surface area contributed by atoms with Crippen LogP contribution in [0.25, 0.3) is 82.8 Å². The van der Waals surface area contributed by atoms with E-state index in [0.717, 1.165) is 76.8 Å². The number of oxazole rings is 1. The van der Waals surface area contributed by atoms with E-state index < -0.39 is 0 Å². The second-order valence-electron chi connectivity index (χ2n) is 9.17. The summed E-state index contributed by atoms with van der Waals surface area (Å²) in [6, 6.07) is 33.2. The molecule has 0 aliphatic carbocycles. The molecule has 0 N–H and O–H groups in total. The Morgan fingerprint density at radius 2 is 1.08 bits per heavy atom. The second-order valence-corrected chi connectivity index (χ2v) is 9.17. The predicted molar refractivity (Wildman–Crippen MR) is 143 cm³/mol. The first-order chi connectivity index (χ1) is 17.8. The van der Waals surface area contributed by atoms with Crippen molar-refractivity contribution < 1.29 is 13.3 Å². The number of rotatable bonds is 1. The van der Waals surface area contributed by atoms with Crippen molar-refractivity contribution in [1.29, 1.82) is 0 Å². The minimum Gasteiger partial charge on any atom is -0.456 e. The van der Waals surface area contributed by atoms with E-state index in [1.807, 2.05) is 54.6 Å². The number of hydrogen-bond acceptors (Lipinski definition) is 4. The highest BCUT2D eigenvalue weighted by molar-refractivity contribution is 6.24. The molecule has 9 rings (SSSR count). The number of hydrogen-bond donors (Lipinski definition) is 0. The van der Waals surface area contributed by atoms with E-state index in [1.165, 1.54) is 0 Å². The highest BCUT2D eigenvalue weighted by atomic mass is 16.4. The van der Waals surface area contributed by atoms with Gasteiger partial charge >= 0.3 is 6.01 Å². The van der Waals surface area contributed by atoms with Gasteiger partial charge in [0.05, 0.1) is 21.8 Å². The molecule has 36 heavy (non-hydrogen) atoms. The number of nitrogens with zero attached hydrogens (tertiary/aromatic N) is 2. The summed E-state index contributed by atoms with van der Waals surface area (Å²) < 4.78 is 20.9. The van der Waals surface area contributed by atoms with Crippen LogP contribution in [-0.4, -0.2) is 9.55 Å². The lowest BCUT2D eigenvalue weighted by molar-refractivity contribution is 0.574. The number of aromatic nitrogens is 2. The summed E-state index contributed by atoms with van der Waals surface area (Å²) in [6.45, 7) is 0. The van der Waals surface area contributed by atoms with Crippen LogP contribution in [0.3, 0.4) is 0 Å². The Labute approximate surface area is 202 Å². The first-order valence-corrected chi connectivity index (χ1v) is 11.9. The zero-order valence-electron chi connectivity index (χ0n) is 18.9. The summed E-state index contributed by atoms with van der Waals surface area (Å²) in [6.07, 6.45) is 0. The first-order valence-electron chi connectivity index (χ1n) is 11.9. The average molecular weight is 464 g/mol. The monoisotopic (exact) mass is 464 g/mol. The van der Waals surface area contributed by atoms with Crippen LogP contribution in [0.5, 0.6) is 0 Å². The molecule has 5 heteroatoms. The largest absolute Gasteiger partial charge is 0.456 e. The third-order valence-electron chi connectivity index (χ3n) is 7.25. The quantitative estimate of drug-likeness (QED) is 0.244. The van der Waals surface area contributed by atoms with Crippen LogP contribution >= 0.6 is 0 Å². The maximum atomic E-state index is 6.47. The van der Waals surface area contributed by atoms with Crippen LogP contribution < -0.4 is 0 Å². The fourth-order valence-electron chi connectivity index (χ4n) is 5.75. The maximum Gasteiger partial charge on any atom is 0.307 e. The Morgan fingerprint density at radius 3 is 1.89 bits per heavy atom. The number of para-hydroxylation sites is 3. The SMILES string of the molecule is c1ccc2c(c1)oc1ccc3oc(-n4c5ccccc5c5ccc6oc7ccccc7c6c54)nc3c12. The molecule has 0 fully saturated rings. The molecular formula is C31H16N2O3. The van der Waals surface area contributed by atoms with Gasteiger partial charge in [-0.05, 0) is 42.5 Å². The predicted octanol–water partition coefficient (Wildman–Crippen LogP) is 8.72. The smallest absolute Gasteiger partial charge is 0.307 e. The summed E-state index contributed by atoms with van der Waals surface area (Å²) in [5, 5.41) is 6.40. The molecule has 0 saturated carbocycles. The zero-order valence-corrected chi connectivity index (χ0v) is 18.9. The van der Waals surface area contributed by atoms with E-state index in [4.69, 9.17) is 18.2 Å². The molecule has 168 valence electrons. The Hall–Kier alpha value is -5.03. The van der Waals surface area contributed by atoms with Gasteiger partial charge in [-0.1, -0.05) is 54.6 Å². The van der Waals surface area contributed by atoms with E-state index in [0.29, 0.717) is 6.01 Å². The van der Waals surface area contributed by atoms with Gasteiger partial charge in [0.2, 0.25) is 0 Å². The number of fused-ring (bicyclic) bond motifs is 12. The Morgan fingerprint density at radius 1 is 0.472 bits per heavy atom. The third kappa shape index (κ3) is 2.18. The van der Waals surface area contributed by atoms with Crippen LogP contribution in [-0.2, 0) is 0 Å². The van der Waals surface area contributed by atoms with Crippen LogP contribution in [0, 0.1) is 0 Å². The van der Waals surface area contributed by atoms with Crippen molar-refractivity contribution in [3.05, 3.63) is 97.1 Å². The third-order valence-corrected chi connectivity index (χ3v) is 7.25. The lowest BCUT2D eigenvalue weighted by Gasteiger charge is -2.03. The molecule has 0 aliphatic heterocycles. The van der Waals surface area contributed by atoms with Gasteiger partial charge in [0.1, 0.15) is 27.8 Å². The van der Waals surface area contributed by atoms with Crippen molar-refractivity contribution in [1.82, 2.24) is 9.55 Å². The second kappa shape index (κ2) is 6.34. The van der Waals surface area contributed by atoms with Crippen molar-refractivity contribution >= 4 is 76.8 Å². The minimum absolute atomic E-state index is 0.520. The molecule has 0 saturated heterocycles. The van der Waals surface area contributed by atoms with E-state index >= 15 is 0 Å². The zero-order chi connectivity index (χ0) is 23.4. The molecule has 0 spiro atoms. The molecule has 4 heterocycles. The van der Waals surface area contributed by atoms with E-state index in [1.54, 1.807) is 0 Å². The maximum absolute atomic E-state index is 6.47. The van der Waals surface area contributed by atoms with E-state index in [-0.39, 0.29) is 0 Å². The summed E-state index contributed by atoms with van der Waals surface area (Å²) in [5.74, 6) is 0. The molecule has 0 unspecified atom stereocenters. The fraction of sp³-hybridized carbons (Fsp3) is 0. The van der Waals surface area contributed by atoms with Crippen LogP contribution in [0.1, 0.15) is 0 Å². The highest BCUT2D eigenvalue weighted by Gasteiger charge is 2.22. The molecule has 0 amide bonds. The summed E-state index contributed by atoms with van der Waals surface area (Å²) in [4.78, 5) is 5.08. The van der Waals surface area contributed by atoms with Crippen molar-refractivity contribution in [3.63, 3.8) is 0 Å². The molecule has 0 radical (unpaired) electrons. The van der Waals surface area contributed by atoms with Crippen LogP contribution in [0.2, 0.25) is 0 Å². The van der Waals surface area contributed by atoms with Crippen molar-refractivity contribution in [2.45, 2.75) is 0 Å². The average Bonchev–Trinajstić information content (AvgIpc) is 3.66. The van der Waals surface area contributed by atoms with E-state index in [9.17, 15) is 0 Å². The van der Waals surface area contributed by atoms with Gasteiger partial charge in [-0.15, -0.1) is 0 Å². The van der Waals surface area contributed by atoms with Gasteiger partial charge < -0.3 is 13.3 Å². The molecule has 5 nitrogen and oxygen atoms in total. The standard InChI is InChI=1S/C31H16N2O3/c1-4-10-21-17(7-1)18-13-14-25-28(20-9-3-6-12-23(20)35-25)30(18)33(21)31-32-29-26(36-31)16-15-24-27(29)19-8-2-5-11-22(19)34-24/h1-16H. The Bertz CT molecular complexity index is 2330. The first kappa shape index (κ1) is 18.3. The van der Waals surface area contributed by atoms with Gasteiger partial charge in [-0.25, -0.2) is 0 Å². The molecule has 4 aromatic heterocycles. The molecule has 9 aromatic rings. The van der Waals surface area contributed by atoms with E-state index in [2.05, 4.69) is 47.0 Å². The van der Waals surface area contributed by atoms with Gasteiger partial charge in [0.15, 0.2) is 5.58 Å². The molecule has 0 atom stereocenters. The highest BCUT2D eigenvalue weighted by Crippen LogP contribution is 2.42. The van der Waals surface area contributed by atoms with Crippen molar-refractivity contribution in [2.75, 3.05) is 0 Å². The topological polar surface area (TPSA) is 57.2 Å². The van der Waals surface area contributed by atoms with Crippen molar-refractivity contribution in [2.24, 2.45) is 0 Å². The van der Waals surface area contributed by atoms with Gasteiger partial charge in [0, 0.05) is 21.5 Å². The number of furan rings is 2. The molecule has 0 aliphatic rings. The van der Waals surface area contributed by atoms with Crippen LogP contribution in [0.4, 0.5) is 0 Å². The lowest BCUT2D eigenvalue weighted by Crippen LogP contribution is -1.94. The van der Waals surface area contributed by atoms with Gasteiger partial charge in [0.25, 0.3) is 0 Å². The molecular weight excluding hydrogens is 448 g/mol. The number of benzene rings is 5. The Kier molecular flexibility index (Phi) is 3.23. The van der Waals surface area contributed by atoms with Gasteiger partial charge in [-0.3, -0.25) is 4.57 Å². The summed E-state index contributed by atoms with van der Waals surface area (Å²) in [7, 11) is 0. The summed E-state index contributed by atoms with van der Waals surface area (Å²) >= 11 is 0. The van der Waals surface area contributed by atoms with Crippen LogP contribution in [0.15, 0.2) is 110 Å². The fourth-order valence-corrected chi connectivity index (χ4v) is 5.75. The Balaban J connectivity index is 1.49. The minimum atomic E-state index is 0.520.